The summed E-state index contributed by atoms with van der Waals surface area (Å²) in [5, 5.41) is 10.3. The summed E-state index contributed by atoms with van der Waals surface area (Å²) in [5.41, 5.74) is 8.16. The maximum atomic E-state index is 14.7. The Hall–Kier alpha value is -5.89. The molecule has 5 aliphatic heterocycles. The van der Waals surface area contributed by atoms with Crippen LogP contribution in [0.4, 0.5) is 14.5 Å². The van der Waals surface area contributed by atoms with E-state index < -0.39 is 17.7 Å². The Morgan fingerprint density at radius 3 is 2.45 bits per heavy atom. The second-order valence-electron chi connectivity index (χ2n) is 15.6. The van der Waals surface area contributed by atoms with E-state index in [2.05, 4.69) is 33.5 Å². The molecule has 0 spiro atoms. The number of benzene rings is 3. The van der Waals surface area contributed by atoms with E-state index in [1.54, 1.807) is 5.01 Å². The van der Waals surface area contributed by atoms with Gasteiger partial charge in [-0.15, -0.1) is 0 Å². The lowest BCUT2D eigenvalue weighted by Gasteiger charge is -2.32. The monoisotopic (exact) mass is 790 g/mol. The Bertz CT molecular complexity index is 2150. The van der Waals surface area contributed by atoms with E-state index in [1.807, 2.05) is 58.5 Å². The van der Waals surface area contributed by atoms with Crippen molar-refractivity contribution in [2.45, 2.75) is 75.8 Å². The normalized spacial score (nSPS) is 20.9. The minimum absolute atomic E-state index is 0.124. The highest BCUT2D eigenvalue weighted by atomic mass is 19.1. The third-order valence-electron chi connectivity index (χ3n) is 11.8. The van der Waals surface area contributed by atoms with Crippen LogP contribution >= 0.6 is 0 Å². The number of aliphatic imine (C=N–C) groups is 1. The van der Waals surface area contributed by atoms with Gasteiger partial charge in [-0.3, -0.25) is 29.5 Å². The number of anilines is 1. The molecule has 2 atom stereocenters. The van der Waals surface area contributed by atoms with Gasteiger partial charge in [0.25, 0.3) is 5.91 Å². The lowest BCUT2D eigenvalue weighted by Crippen LogP contribution is -2.47. The second kappa shape index (κ2) is 17.3. The number of likely N-dealkylation sites (tertiary alicyclic amines) is 2. The number of piperidine rings is 2. The third kappa shape index (κ3) is 8.81. The fourth-order valence-electron chi connectivity index (χ4n) is 8.53. The van der Waals surface area contributed by atoms with Crippen molar-refractivity contribution in [3.63, 3.8) is 0 Å². The van der Waals surface area contributed by atoms with Crippen LogP contribution in [0.1, 0.15) is 79.2 Å². The van der Waals surface area contributed by atoms with Gasteiger partial charge >= 0.3 is 0 Å². The Morgan fingerprint density at radius 1 is 0.897 bits per heavy atom. The molecule has 58 heavy (non-hydrogen) atoms. The maximum Gasteiger partial charge on any atom is 0.252 e. The molecule has 0 bridgehead atoms. The van der Waals surface area contributed by atoms with Crippen molar-refractivity contribution < 1.29 is 28.0 Å². The van der Waals surface area contributed by atoms with Gasteiger partial charge in [-0.2, -0.15) is 0 Å². The van der Waals surface area contributed by atoms with Gasteiger partial charge in [0, 0.05) is 56.6 Å². The third-order valence-corrected chi connectivity index (χ3v) is 11.8. The zero-order valence-corrected chi connectivity index (χ0v) is 32.3. The fraction of sp³-hybridized carbons (Fsp3) is 0.386. The quantitative estimate of drug-likeness (QED) is 0.158. The molecule has 0 aliphatic carbocycles. The highest BCUT2D eigenvalue weighted by Crippen LogP contribution is 2.36. The Morgan fingerprint density at radius 2 is 1.67 bits per heavy atom. The van der Waals surface area contributed by atoms with Gasteiger partial charge < -0.3 is 20.4 Å². The van der Waals surface area contributed by atoms with E-state index in [9.17, 15) is 28.0 Å². The average Bonchev–Trinajstić information content (AvgIpc) is 3.90. The maximum absolute atomic E-state index is 14.7. The van der Waals surface area contributed by atoms with E-state index in [0.29, 0.717) is 87.1 Å². The first-order valence-electron chi connectivity index (χ1n) is 20.3. The molecule has 302 valence electrons. The highest BCUT2D eigenvalue weighted by Gasteiger charge is 2.34. The standard InChI is InChI=1S/C44H48F2N8O4/c45-32-11-14-36(46)34(26-32)38-4-2-21-53(38)39-19-24-54-42(50-39)35(27-48-54)43(57)47-20-1-3-28-5-7-29(8-6-28)25-41(56)52-22-17-31(18-23-52)30-9-12-33(13-10-30)49-37-15-16-40(55)51-44(37)58/h5-14,19,24,26,31,37-38,48-49H,1-4,15-18,20-23,25,27H2,(H,47,57)(H,51,55,58). The van der Waals surface area contributed by atoms with E-state index in [4.69, 9.17) is 4.99 Å². The number of amidine groups is 1. The first kappa shape index (κ1) is 39.0. The number of halogens is 2. The lowest BCUT2D eigenvalue weighted by molar-refractivity contribution is -0.134. The smallest absolute Gasteiger partial charge is 0.252 e. The van der Waals surface area contributed by atoms with E-state index in [-0.39, 0.29) is 29.7 Å². The van der Waals surface area contributed by atoms with Crippen molar-refractivity contribution in [1.29, 1.82) is 0 Å². The van der Waals surface area contributed by atoms with Gasteiger partial charge in [-0.05, 0) is 104 Å². The van der Waals surface area contributed by atoms with Crippen LogP contribution in [0.15, 0.2) is 95.4 Å². The largest absolute Gasteiger partial charge is 0.374 e. The molecular weight excluding hydrogens is 743 g/mol. The molecule has 3 aromatic carbocycles. The van der Waals surface area contributed by atoms with E-state index in [1.165, 1.54) is 11.6 Å². The molecule has 0 radical (unpaired) electrons. The number of amides is 4. The molecule has 14 heteroatoms. The molecule has 4 N–H and O–H groups in total. The zero-order valence-electron chi connectivity index (χ0n) is 32.3. The van der Waals surface area contributed by atoms with Crippen LogP contribution in [0.3, 0.4) is 0 Å². The molecule has 5 heterocycles. The average molecular weight is 791 g/mol. The molecule has 0 aromatic heterocycles. The Balaban J connectivity index is 0.768. The number of carbonyl (C=O) groups excluding carboxylic acids is 4. The van der Waals surface area contributed by atoms with Crippen LogP contribution in [0.25, 0.3) is 0 Å². The summed E-state index contributed by atoms with van der Waals surface area (Å²) in [5.74, 6) is -0.0371. The van der Waals surface area contributed by atoms with Gasteiger partial charge in [0.05, 0.1) is 18.0 Å². The zero-order chi connectivity index (χ0) is 40.2. The Kier molecular flexibility index (Phi) is 11.6. The summed E-state index contributed by atoms with van der Waals surface area (Å²) in [7, 11) is 0. The van der Waals surface area contributed by atoms with Crippen molar-refractivity contribution in [2.75, 3.05) is 38.0 Å². The number of carbonyl (C=O) groups is 4. The first-order chi connectivity index (χ1) is 28.2. The number of nitrogens with zero attached hydrogens (tertiary/aromatic N) is 4. The first-order valence-corrected chi connectivity index (χ1v) is 20.3. The van der Waals surface area contributed by atoms with Crippen LogP contribution < -0.4 is 21.4 Å². The minimum atomic E-state index is -0.476. The van der Waals surface area contributed by atoms with E-state index in [0.717, 1.165) is 61.1 Å². The Labute approximate surface area is 336 Å². The van der Waals surface area contributed by atoms with Gasteiger partial charge in [0.15, 0.2) is 5.82 Å². The fourth-order valence-corrected chi connectivity index (χ4v) is 8.53. The van der Waals surface area contributed by atoms with Crippen LogP contribution in [0.5, 0.6) is 0 Å². The summed E-state index contributed by atoms with van der Waals surface area (Å²) in [6.45, 7) is 2.86. The van der Waals surface area contributed by atoms with Crippen molar-refractivity contribution in [3.05, 3.63) is 124 Å². The van der Waals surface area contributed by atoms with Crippen molar-refractivity contribution in [2.24, 2.45) is 4.99 Å². The number of imide groups is 1. The van der Waals surface area contributed by atoms with E-state index >= 15 is 0 Å². The summed E-state index contributed by atoms with van der Waals surface area (Å²) in [4.78, 5) is 58.7. The molecule has 3 fully saturated rings. The number of fused-ring (bicyclic) bond motifs is 1. The summed E-state index contributed by atoms with van der Waals surface area (Å²) < 4.78 is 28.7. The molecule has 2 unspecified atom stereocenters. The van der Waals surface area contributed by atoms with Gasteiger partial charge in [0.2, 0.25) is 17.7 Å². The van der Waals surface area contributed by atoms with Gasteiger partial charge in [-0.1, -0.05) is 36.4 Å². The van der Waals surface area contributed by atoms with Gasteiger partial charge in [-0.25, -0.2) is 19.2 Å². The van der Waals surface area contributed by atoms with Crippen LogP contribution in [0.2, 0.25) is 0 Å². The number of nitrogens with one attached hydrogen (secondary N) is 4. The topological polar surface area (TPSA) is 138 Å². The number of hydrogen-bond acceptors (Lipinski definition) is 9. The molecule has 12 nitrogen and oxygen atoms in total. The van der Waals surface area contributed by atoms with Crippen LogP contribution in [0, 0.1) is 11.6 Å². The molecule has 3 aromatic rings. The SMILES string of the molecule is O=C1CCC(Nc2ccc(C3CCN(C(=O)Cc4ccc(CCCNC(=O)C5=C6N=C(N7CCCC7c7cc(F)ccc7F)C=CN6NC5)cc4)CC3)cc2)C(=O)N1. The second-order valence-corrected chi connectivity index (χ2v) is 15.6. The minimum Gasteiger partial charge on any atom is -0.374 e. The molecule has 4 amide bonds. The van der Waals surface area contributed by atoms with Crippen molar-refractivity contribution in [3.8, 4) is 0 Å². The number of hydrogen-bond donors (Lipinski definition) is 4. The number of aryl methyl sites for hydroxylation is 1. The predicted molar refractivity (Wildman–Crippen MR) is 215 cm³/mol. The van der Waals surface area contributed by atoms with Crippen LogP contribution in [-0.4, -0.2) is 83.0 Å². The van der Waals surface area contributed by atoms with Crippen molar-refractivity contribution >= 4 is 35.2 Å². The molecule has 8 rings (SSSR count). The summed E-state index contributed by atoms with van der Waals surface area (Å²) in [6, 6.07) is 19.0. The van der Waals surface area contributed by atoms with Gasteiger partial charge in [0.1, 0.15) is 23.5 Å². The number of rotatable bonds is 11. The molecule has 3 saturated heterocycles. The number of hydrazine groups is 1. The highest BCUT2D eigenvalue weighted by molar-refractivity contribution is 6.01. The van der Waals surface area contributed by atoms with Crippen molar-refractivity contribution in [1.82, 2.24) is 30.9 Å². The van der Waals surface area contributed by atoms with Crippen LogP contribution in [-0.2, 0) is 32.0 Å². The summed E-state index contributed by atoms with van der Waals surface area (Å²) in [6.07, 6.45) is 9.58. The molecule has 5 aliphatic rings. The molecular formula is C44H48F2N8O4. The summed E-state index contributed by atoms with van der Waals surface area (Å²) >= 11 is 0. The predicted octanol–water partition coefficient (Wildman–Crippen LogP) is 4.97. The molecule has 0 saturated carbocycles. The lowest BCUT2D eigenvalue weighted by atomic mass is 9.89.